The van der Waals surface area contributed by atoms with Crippen molar-refractivity contribution in [2.24, 2.45) is 0 Å². The van der Waals surface area contributed by atoms with Crippen LogP contribution < -0.4 is 10.6 Å². The van der Waals surface area contributed by atoms with Crippen LogP contribution in [-0.2, 0) is 4.79 Å². The lowest BCUT2D eigenvalue weighted by atomic mass is 9.99. The summed E-state index contributed by atoms with van der Waals surface area (Å²) < 4.78 is 0. The summed E-state index contributed by atoms with van der Waals surface area (Å²) in [6.45, 7) is 4.58. The fourth-order valence-electron chi connectivity index (χ4n) is 2.38. The fourth-order valence-corrected chi connectivity index (χ4v) is 2.61. The van der Waals surface area contributed by atoms with Crippen LogP contribution >= 0.6 is 11.6 Å². The Morgan fingerprint density at radius 1 is 1.08 bits per heavy atom. The number of benzene rings is 2. The van der Waals surface area contributed by atoms with Gasteiger partial charge in [0, 0.05) is 18.7 Å². The molecule has 2 rings (SSSR count). The van der Waals surface area contributed by atoms with Crippen molar-refractivity contribution in [2.75, 3.05) is 11.9 Å². The van der Waals surface area contributed by atoms with E-state index in [-0.39, 0.29) is 24.8 Å². The van der Waals surface area contributed by atoms with Gasteiger partial charge in [-0.1, -0.05) is 49.7 Å². The van der Waals surface area contributed by atoms with Crippen LogP contribution in [0.15, 0.2) is 48.5 Å². The Kier molecular flexibility index (Phi) is 7.02. The first-order chi connectivity index (χ1) is 12.0. The highest BCUT2D eigenvalue weighted by molar-refractivity contribution is 6.33. The normalized spacial score (nSPS) is 11.6. The molecule has 0 bridgehead atoms. The molecule has 0 spiro atoms. The molecule has 0 saturated carbocycles. The van der Waals surface area contributed by atoms with Crippen LogP contribution in [-0.4, -0.2) is 18.4 Å². The van der Waals surface area contributed by atoms with E-state index >= 15 is 0 Å². The average molecular weight is 359 g/mol. The Labute approximate surface area is 153 Å². The van der Waals surface area contributed by atoms with Crippen molar-refractivity contribution in [2.45, 2.75) is 32.6 Å². The average Bonchev–Trinajstić information content (AvgIpc) is 2.62. The number of amides is 2. The van der Waals surface area contributed by atoms with Gasteiger partial charge in [-0.05, 0) is 42.2 Å². The number of halogens is 1. The number of nitrogens with one attached hydrogen (secondary N) is 2. The quantitative estimate of drug-likeness (QED) is 0.759. The minimum absolute atomic E-state index is 0.143. The molecule has 0 aliphatic rings. The molecule has 25 heavy (non-hydrogen) atoms. The molecule has 0 radical (unpaired) electrons. The van der Waals surface area contributed by atoms with E-state index in [2.05, 4.69) is 24.5 Å². The zero-order valence-electron chi connectivity index (χ0n) is 14.5. The van der Waals surface area contributed by atoms with Gasteiger partial charge in [0.05, 0.1) is 10.6 Å². The second kappa shape index (κ2) is 9.23. The SMILES string of the molecule is CC[C@H](C)c1ccc(NC(=O)CCNC(=O)c2ccccc2Cl)cc1. The molecule has 0 saturated heterocycles. The van der Waals surface area contributed by atoms with E-state index < -0.39 is 0 Å². The van der Waals surface area contributed by atoms with Gasteiger partial charge in [0.2, 0.25) is 5.91 Å². The molecule has 0 aliphatic heterocycles. The van der Waals surface area contributed by atoms with Crippen molar-refractivity contribution >= 4 is 29.1 Å². The van der Waals surface area contributed by atoms with Crippen molar-refractivity contribution in [1.82, 2.24) is 5.32 Å². The van der Waals surface area contributed by atoms with Crippen molar-refractivity contribution in [3.05, 3.63) is 64.7 Å². The highest BCUT2D eigenvalue weighted by Gasteiger charge is 2.10. The van der Waals surface area contributed by atoms with E-state index in [0.29, 0.717) is 16.5 Å². The third kappa shape index (κ3) is 5.61. The molecule has 0 fully saturated rings. The van der Waals surface area contributed by atoms with Gasteiger partial charge in [-0.2, -0.15) is 0 Å². The van der Waals surface area contributed by atoms with Crippen LogP contribution in [0.25, 0.3) is 0 Å². The molecular formula is C20H23ClN2O2. The van der Waals surface area contributed by atoms with Crippen LogP contribution in [0.2, 0.25) is 5.02 Å². The van der Waals surface area contributed by atoms with Crippen LogP contribution in [0.4, 0.5) is 5.69 Å². The second-order valence-corrected chi connectivity index (χ2v) is 6.37. The summed E-state index contributed by atoms with van der Waals surface area (Å²) in [4.78, 5) is 24.0. The van der Waals surface area contributed by atoms with E-state index in [1.807, 2.05) is 24.3 Å². The summed E-state index contributed by atoms with van der Waals surface area (Å²) in [6, 6.07) is 14.7. The summed E-state index contributed by atoms with van der Waals surface area (Å²) in [5.41, 5.74) is 2.42. The van der Waals surface area contributed by atoms with Gasteiger partial charge in [-0.3, -0.25) is 9.59 Å². The number of anilines is 1. The monoisotopic (exact) mass is 358 g/mol. The topological polar surface area (TPSA) is 58.2 Å². The molecule has 2 N–H and O–H groups in total. The van der Waals surface area contributed by atoms with E-state index in [1.165, 1.54) is 5.56 Å². The van der Waals surface area contributed by atoms with Gasteiger partial charge in [0.15, 0.2) is 0 Å². The Bertz CT molecular complexity index is 729. The number of rotatable bonds is 7. The first-order valence-electron chi connectivity index (χ1n) is 8.43. The standard InChI is InChI=1S/C20H23ClN2O2/c1-3-14(2)15-8-10-16(11-9-15)23-19(24)12-13-22-20(25)17-6-4-5-7-18(17)21/h4-11,14H,3,12-13H2,1-2H3,(H,22,25)(H,23,24)/t14-/m0/s1. The Morgan fingerprint density at radius 3 is 2.40 bits per heavy atom. The number of hydrogen-bond acceptors (Lipinski definition) is 2. The Morgan fingerprint density at radius 2 is 1.76 bits per heavy atom. The molecular weight excluding hydrogens is 336 g/mol. The van der Waals surface area contributed by atoms with Crippen molar-refractivity contribution < 1.29 is 9.59 Å². The molecule has 2 aromatic carbocycles. The Balaban J connectivity index is 1.79. The lowest BCUT2D eigenvalue weighted by molar-refractivity contribution is -0.116. The lowest BCUT2D eigenvalue weighted by Crippen LogP contribution is -2.27. The zero-order valence-corrected chi connectivity index (χ0v) is 15.3. The molecule has 132 valence electrons. The molecule has 4 nitrogen and oxygen atoms in total. The van der Waals surface area contributed by atoms with Crippen molar-refractivity contribution in [3.8, 4) is 0 Å². The molecule has 2 aromatic rings. The van der Waals surface area contributed by atoms with Crippen molar-refractivity contribution in [1.29, 1.82) is 0 Å². The highest BCUT2D eigenvalue weighted by atomic mass is 35.5. The van der Waals surface area contributed by atoms with Crippen LogP contribution in [0.5, 0.6) is 0 Å². The molecule has 0 heterocycles. The molecule has 0 unspecified atom stereocenters. The van der Waals surface area contributed by atoms with Gasteiger partial charge >= 0.3 is 0 Å². The van der Waals surface area contributed by atoms with Gasteiger partial charge in [0.1, 0.15) is 0 Å². The summed E-state index contributed by atoms with van der Waals surface area (Å²) in [7, 11) is 0. The highest BCUT2D eigenvalue weighted by Crippen LogP contribution is 2.20. The van der Waals surface area contributed by atoms with E-state index in [4.69, 9.17) is 11.6 Å². The summed E-state index contributed by atoms with van der Waals surface area (Å²) >= 11 is 5.97. The molecule has 5 heteroatoms. The number of carbonyl (C=O) groups is 2. The molecule has 0 aromatic heterocycles. The zero-order chi connectivity index (χ0) is 18.2. The minimum Gasteiger partial charge on any atom is -0.351 e. The first-order valence-corrected chi connectivity index (χ1v) is 8.81. The molecule has 2 amide bonds. The smallest absolute Gasteiger partial charge is 0.252 e. The summed E-state index contributed by atoms with van der Waals surface area (Å²) in [5.74, 6) is 0.0804. The maximum absolute atomic E-state index is 12.0. The predicted molar refractivity (Wildman–Crippen MR) is 102 cm³/mol. The van der Waals surface area contributed by atoms with Crippen LogP contribution in [0, 0.1) is 0 Å². The summed E-state index contributed by atoms with van der Waals surface area (Å²) in [5, 5.41) is 5.93. The van der Waals surface area contributed by atoms with E-state index in [0.717, 1.165) is 12.1 Å². The second-order valence-electron chi connectivity index (χ2n) is 5.97. The van der Waals surface area contributed by atoms with Crippen LogP contribution in [0.3, 0.4) is 0 Å². The van der Waals surface area contributed by atoms with Gasteiger partial charge in [-0.25, -0.2) is 0 Å². The Hall–Kier alpha value is -2.33. The van der Waals surface area contributed by atoms with Gasteiger partial charge < -0.3 is 10.6 Å². The van der Waals surface area contributed by atoms with Gasteiger partial charge in [0.25, 0.3) is 5.91 Å². The van der Waals surface area contributed by atoms with Crippen molar-refractivity contribution in [3.63, 3.8) is 0 Å². The maximum atomic E-state index is 12.0. The fraction of sp³-hybridized carbons (Fsp3) is 0.300. The number of carbonyl (C=O) groups excluding carboxylic acids is 2. The molecule has 0 aliphatic carbocycles. The van der Waals surface area contributed by atoms with Crippen LogP contribution in [0.1, 0.15) is 48.5 Å². The third-order valence-corrected chi connectivity index (χ3v) is 4.46. The largest absolute Gasteiger partial charge is 0.351 e. The molecule has 1 atom stereocenters. The number of hydrogen-bond donors (Lipinski definition) is 2. The predicted octanol–water partition coefficient (Wildman–Crippen LogP) is 4.61. The minimum atomic E-state index is -0.281. The van der Waals surface area contributed by atoms with E-state index in [9.17, 15) is 9.59 Å². The third-order valence-electron chi connectivity index (χ3n) is 4.13. The maximum Gasteiger partial charge on any atom is 0.252 e. The summed E-state index contributed by atoms with van der Waals surface area (Å²) in [6.07, 6.45) is 1.28. The van der Waals surface area contributed by atoms with E-state index in [1.54, 1.807) is 24.3 Å². The first kappa shape index (κ1) is 19.0. The lowest BCUT2D eigenvalue weighted by Gasteiger charge is -2.11. The van der Waals surface area contributed by atoms with Gasteiger partial charge in [-0.15, -0.1) is 0 Å².